The van der Waals surface area contributed by atoms with Gasteiger partial charge < -0.3 is 20.5 Å². The number of hydrogen-bond donors (Lipinski definition) is 3. The lowest BCUT2D eigenvalue weighted by molar-refractivity contribution is -0.149. The molecule has 1 aliphatic rings. The van der Waals surface area contributed by atoms with Gasteiger partial charge in [-0.05, 0) is 41.5 Å². The molecule has 0 unspecified atom stereocenters. The van der Waals surface area contributed by atoms with Crippen molar-refractivity contribution in [1.29, 1.82) is 0 Å². The molecule has 0 bridgehead atoms. The van der Waals surface area contributed by atoms with Crippen LogP contribution in [0.2, 0.25) is 0 Å². The summed E-state index contributed by atoms with van der Waals surface area (Å²) >= 11 is 0. The van der Waals surface area contributed by atoms with Crippen molar-refractivity contribution in [2.45, 2.75) is 58.4 Å². The topological polar surface area (TPSA) is 105 Å². The number of carbonyl (C=O) groups excluding carboxylic acids is 2. The SMILES string of the molecule is CC[C@@H](CC(=O)NCC(CC)(CC)C(=O)O)NC(=O)OCC1c2ccccc2-c2ccccc21. The highest BCUT2D eigenvalue weighted by Crippen LogP contribution is 2.44. The standard InChI is InChI=1S/C27H34N2O5/c1-4-18(15-24(30)28-17-27(5-2,6-3)25(31)32)29-26(33)34-16-23-21-13-9-7-11-19(21)20-12-8-10-14-22(20)23/h7-14,18,23H,4-6,15-17H2,1-3H3,(H,28,30)(H,29,33)(H,31,32)/t18-/m0/s1. The molecule has 3 rings (SSSR count). The van der Waals surface area contributed by atoms with Gasteiger partial charge in [0, 0.05) is 24.9 Å². The Kier molecular flexibility index (Phi) is 8.31. The van der Waals surface area contributed by atoms with Gasteiger partial charge in [-0.2, -0.15) is 0 Å². The molecular weight excluding hydrogens is 432 g/mol. The second kappa shape index (κ2) is 11.2. The van der Waals surface area contributed by atoms with E-state index < -0.39 is 23.5 Å². The normalized spacial score (nSPS) is 13.5. The quantitative estimate of drug-likeness (QED) is 0.445. The monoisotopic (exact) mass is 466 g/mol. The molecule has 182 valence electrons. The van der Waals surface area contributed by atoms with Gasteiger partial charge in [0.15, 0.2) is 0 Å². The van der Waals surface area contributed by atoms with Gasteiger partial charge in [0.1, 0.15) is 6.61 Å². The Morgan fingerprint density at radius 3 is 2.03 bits per heavy atom. The van der Waals surface area contributed by atoms with Crippen LogP contribution in [0.4, 0.5) is 4.79 Å². The minimum atomic E-state index is -0.975. The van der Waals surface area contributed by atoms with Crippen LogP contribution in [0.5, 0.6) is 0 Å². The van der Waals surface area contributed by atoms with Crippen molar-refractivity contribution in [2.24, 2.45) is 5.41 Å². The van der Waals surface area contributed by atoms with Gasteiger partial charge in [-0.15, -0.1) is 0 Å². The van der Waals surface area contributed by atoms with Crippen LogP contribution in [0.15, 0.2) is 48.5 Å². The van der Waals surface area contributed by atoms with E-state index in [2.05, 4.69) is 34.9 Å². The maximum Gasteiger partial charge on any atom is 0.407 e. The number of alkyl carbamates (subject to hydrolysis) is 1. The molecular formula is C27H34N2O5. The van der Waals surface area contributed by atoms with Crippen LogP contribution < -0.4 is 10.6 Å². The van der Waals surface area contributed by atoms with E-state index in [1.165, 1.54) is 0 Å². The van der Waals surface area contributed by atoms with E-state index in [4.69, 9.17) is 4.74 Å². The summed E-state index contributed by atoms with van der Waals surface area (Å²) in [6.45, 7) is 5.75. The van der Waals surface area contributed by atoms with Gasteiger partial charge in [0.2, 0.25) is 5.91 Å². The van der Waals surface area contributed by atoms with Crippen LogP contribution in [0, 0.1) is 5.41 Å². The highest BCUT2D eigenvalue weighted by atomic mass is 16.5. The molecule has 7 nitrogen and oxygen atoms in total. The molecule has 0 fully saturated rings. The molecule has 34 heavy (non-hydrogen) atoms. The average molecular weight is 467 g/mol. The summed E-state index contributed by atoms with van der Waals surface area (Å²) in [5.41, 5.74) is 3.62. The molecule has 1 atom stereocenters. The zero-order valence-electron chi connectivity index (χ0n) is 20.1. The van der Waals surface area contributed by atoms with Crippen LogP contribution in [0.1, 0.15) is 63.5 Å². The summed E-state index contributed by atoms with van der Waals surface area (Å²) in [6, 6.07) is 15.9. The molecule has 7 heteroatoms. The molecule has 0 aromatic heterocycles. The average Bonchev–Trinajstić information content (AvgIpc) is 3.16. The van der Waals surface area contributed by atoms with Crippen molar-refractivity contribution >= 4 is 18.0 Å². The fraction of sp³-hybridized carbons (Fsp3) is 0.444. The Hall–Kier alpha value is -3.35. The van der Waals surface area contributed by atoms with E-state index in [-0.39, 0.29) is 31.4 Å². The molecule has 2 amide bonds. The Morgan fingerprint density at radius 2 is 1.53 bits per heavy atom. The molecule has 2 aromatic rings. The maximum absolute atomic E-state index is 12.5. The van der Waals surface area contributed by atoms with E-state index in [0.717, 1.165) is 22.3 Å². The van der Waals surface area contributed by atoms with E-state index in [1.54, 1.807) is 13.8 Å². The van der Waals surface area contributed by atoms with Gasteiger partial charge in [0.05, 0.1) is 5.41 Å². The Morgan fingerprint density at radius 1 is 0.971 bits per heavy atom. The van der Waals surface area contributed by atoms with Crippen LogP contribution >= 0.6 is 0 Å². The van der Waals surface area contributed by atoms with Crippen LogP contribution in [-0.2, 0) is 14.3 Å². The molecule has 1 aliphatic carbocycles. The third kappa shape index (κ3) is 5.41. The summed E-state index contributed by atoms with van der Waals surface area (Å²) in [5.74, 6) is -1.24. The van der Waals surface area contributed by atoms with E-state index in [1.807, 2.05) is 31.2 Å². The van der Waals surface area contributed by atoms with Crippen molar-refractivity contribution in [3.8, 4) is 11.1 Å². The van der Waals surface area contributed by atoms with Crippen LogP contribution in [0.3, 0.4) is 0 Å². The van der Waals surface area contributed by atoms with Crippen molar-refractivity contribution in [2.75, 3.05) is 13.2 Å². The number of carboxylic acid groups (broad SMARTS) is 1. The summed E-state index contributed by atoms with van der Waals surface area (Å²) in [6.07, 6.45) is 0.888. The van der Waals surface area contributed by atoms with Crippen LogP contribution in [0.25, 0.3) is 11.1 Å². The molecule has 3 N–H and O–H groups in total. The lowest BCUT2D eigenvalue weighted by Crippen LogP contribution is -2.44. The second-order valence-electron chi connectivity index (χ2n) is 8.85. The van der Waals surface area contributed by atoms with Crippen molar-refractivity contribution < 1.29 is 24.2 Å². The first-order chi connectivity index (χ1) is 16.3. The Bertz CT molecular complexity index is 986. The first-order valence-electron chi connectivity index (χ1n) is 12.0. The number of nitrogens with one attached hydrogen (secondary N) is 2. The minimum absolute atomic E-state index is 0.0336. The molecule has 0 saturated carbocycles. The number of carbonyl (C=O) groups is 3. The predicted octanol–water partition coefficient (Wildman–Crippen LogP) is 4.70. The lowest BCUT2D eigenvalue weighted by Gasteiger charge is -2.27. The zero-order valence-corrected chi connectivity index (χ0v) is 20.1. The number of benzene rings is 2. The number of hydrogen-bond acceptors (Lipinski definition) is 4. The number of amides is 2. The highest BCUT2D eigenvalue weighted by molar-refractivity contribution is 5.80. The van der Waals surface area contributed by atoms with Gasteiger partial charge in [-0.1, -0.05) is 69.3 Å². The molecule has 0 radical (unpaired) electrons. The molecule has 0 spiro atoms. The first-order valence-corrected chi connectivity index (χ1v) is 12.0. The second-order valence-corrected chi connectivity index (χ2v) is 8.85. The predicted molar refractivity (Wildman–Crippen MR) is 131 cm³/mol. The lowest BCUT2D eigenvalue weighted by atomic mass is 9.82. The number of ether oxygens (including phenoxy) is 1. The van der Waals surface area contributed by atoms with Crippen LogP contribution in [-0.4, -0.2) is 42.3 Å². The zero-order chi connectivity index (χ0) is 24.7. The Labute approximate surface area is 200 Å². The largest absolute Gasteiger partial charge is 0.481 e. The van der Waals surface area contributed by atoms with Gasteiger partial charge in [-0.25, -0.2) is 4.79 Å². The number of fused-ring (bicyclic) bond motifs is 3. The van der Waals surface area contributed by atoms with Gasteiger partial charge in [0.25, 0.3) is 0 Å². The van der Waals surface area contributed by atoms with Crippen molar-refractivity contribution in [3.63, 3.8) is 0 Å². The summed E-state index contributed by atoms with van der Waals surface area (Å²) in [4.78, 5) is 36.6. The highest BCUT2D eigenvalue weighted by Gasteiger charge is 2.35. The summed E-state index contributed by atoms with van der Waals surface area (Å²) in [5, 5.41) is 15.0. The maximum atomic E-state index is 12.5. The smallest absolute Gasteiger partial charge is 0.407 e. The third-order valence-electron chi connectivity index (χ3n) is 7.02. The molecule has 0 aliphatic heterocycles. The fourth-order valence-corrected chi connectivity index (χ4v) is 4.55. The van der Waals surface area contributed by atoms with E-state index in [0.29, 0.717) is 19.3 Å². The summed E-state index contributed by atoms with van der Waals surface area (Å²) in [7, 11) is 0. The van der Waals surface area contributed by atoms with Gasteiger partial charge in [-0.3, -0.25) is 9.59 Å². The van der Waals surface area contributed by atoms with Crippen molar-refractivity contribution in [3.05, 3.63) is 59.7 Å². The van der Waals surface area contributed by atoms with E-state index >= 15 is 0 Å². The number of rotatable bonds is 11. The third-order valence-corrected chi connectivity index (χ3v) is 7.02. The molecule has 0 saturated heterocycles. The number of aliphatic carboxylic acids is 1. The summed E-state index contributed by atoms with van der Waals surface area (Å²) < 4.78 is 5.57. The van der Waals surface area contributed by atoms with Gasteiger partial charge >= 0.3 is 12.1 Å². The molecule has 2 aromatic carbocycles. The van der Waals surface area contributed by atoms with Crippen molar-refractivity contribution in [1.82, 2.24) is 10.6 Å². The Balaban J connectivity index is 1.54. The molecule has 0 heterocycles. The first kappa shape index (κ1) is 25.3. The fourth-order valence-electron chi connectivity index (χ4n) is 4.55. The number of carboxylic acids is 1. The van der Waals surface area contributed by atoms with E-state index in [9.17, 15) is 19.5 Å². The minimum Gasteiger partial charge on any atom is -0.481 e.